The molecule has 0 bridgehead atoms. The zero-order chi connectivity index (χ0) is 24.3. The van der Waals surface area contributed by atoms with E-state index >= 15 is 0 Å². The third kappa shape index (κ3) is 6.00. The Morgan fingerprint density at radius 2 is 1.88 bits per heavy atom. The lowest BCUT2D eigenvalue weighted by atomic mass is 10.1. The Kier molecular flexibility index (Phi) is 7.25. The number of fused-ring (bicyclic) bond motifs is 2. The van der Waals surface area contributed by atoms with Crippen molar-refractivity contribution in [3.8, 4) is 0 Å². The van der Waals surface area contributed by atoms with Gasteiger partial charge in [-0.25, -0.2) is 9.98 Å². The van der Waals surface area contributed by atoms with Crippen LogP contribution in [-0.4, -0.2) is 42.2 Å². The van der Waals surface area contributed by atoms with Crippen LogP contribution in [0, 0.1) is 6.92 Å². The van der Waals surface area contributed by atoms with Crippen molar-refractivity contribution in [2.24, 2.45) is 4.99 Å². The van der Waals surface area contributed by atoms with Gasteiger partial charge in [0.2, 0.25) is 0 Å². The second-order valence-electron chi connectivity index (χ2n) is 9.72. The Morgan fingerprint density at radius 1 is 1.18 bits per heavy atom. The number of carbonyl (C=O) groups is 1. The van der Waals surface area contributed by atoms with E-state index in [1.54, 1.807) is 0 Å². The Bertz CT molecular complexity index is 1190. The molecule has 1 N–H and O–H groups in total. The van der Waals surface area contributed by atoms with Crippen molar-refractivity contribution in [3.63, 3.8) is 0 Å². The zero-order valence-corrected chi connectivity index (χ0v) is 20.6. The van der Waals surface area contributed by atoms with Crippen molar-refractivity contribution in [1.82, 2.24) is 9.97 Å². The summed E-state index contributed by atoms with van der Waals surface area (Å²) < 4.78 is 5.37. The molecule has 1 aromatic heterocycles. The number of rotatable bonds is 8. The molecule has 0 unspecified atom stereocenters. The molecule has 1 aromatic carbocycles. The van der Waals surface area contributed by atoms with E-state index < -0.39 is 5.60 Å². The Hall–Kier alpha value is -3.16. The third-order valence-electron chi connectivity index (χ3n) is 5.41. The number of nitrogens with one attached hydrogen (secondary N) is 1. The average molecular weight is 454 g/mol. The van der Waals surface area contributed by atoms with Crippen molar-refractivity contribution in [3.05, 3.63) is 38.9 Å². The highest BCUT2D eigenvalue weighted by molar-refractivity contribution is 5.80. The van der Waals surface area contributed by atoms with Gasteiger partial charge in [-0.05, 0) is 58.2 Å². The van der Waals surface area contributed by atoms with Gasteiger partial charge in [-0.2, -0.15) is 0 Å². The maximum absolute atomic E-state index is 12.6. The fraction of sp³-hybridized carbons (Fsp3) is 0.520. The lowest BCUT2D eigenvalue weighted by Crippen LogP contribution is -2.42. The van der Waals surface area contributed by atoms with Crippen LogP contribution in [0.4, 0.5) is 22.9 Å². The van der Waals surface area contributed by atoms with Crippen LogP contribution >= 0.6 is 0 Å². The zero-order valence-electron chi connectivity index (χ0n) is 20.6. The Balaban J connectivity index is 1.76. The summed E-state index contributed by atoms with van der Waals surface area (Å²) in [7, 11) is 4.02. The van der Waals surface area contributed by atoms with Crippen LogP contribution in [0.2, 0.25) is 0 Å². The maximum atomic E-state index is 12.6. The molecule has 2 heterocycles. The monoisotopic (exact) mass is 453 g/mol. The van der Waals surface area contributed by atoms with Gasteiger partial charge in [0, 0.05) is 32.7 Å². The number of esters is 1. The first-order valence-corrected chi connectivity index (χ1v) is 11.5. The largest absolute Gasteiger partial charge is 0.460 e. The first-order chi connectivity index (χ1) is 15.5. The van der Waals surface area contributed by atoms with E-state index in [2.05, 4.69) is 37.4 Å². The summed E-state index contributed by atoms with van der Waals surface area (Å²) in [6.07, 6.45) is 3.99. The number of aryl methyl sites for hydroxylation is 1. The molecule has 0 amide bonds. The van der Waals surface area contributed by atoms with Crippen LogP contribution < -0.4 is 26.2 Å². The summed E-state index contributed by atoms with van der Waals surface area (Å²) in [5.41, 5.74) is 3.47. The molecule has 0 fully saturated rings. The molecule has 0 saturated heterocycles. The number of anilines is 3. The molecule has 1 aliphatic rings. The minimum atomic E-state index is -0.446. The maximum Gasteiger partial charge on any atom is 0.306 e. The summed E-state index contributed by atoms with van der Waals surface area (Å²) in [4.78, 5) is 40.4. The van der Waals surface area contributed by atoms with Gasteiger partial charge < -0.3 is 19.5 Å². The number of nitrogens with zero attached hydrogens (tertiary/aromatic N) is 4. The van der Waals surface area contributed by atoms with Gasteiger partial charge >= 0.3 is 5.97 Å². The fourth-order valence-corrected chi connectivity index (χ4v) is 3.99. The molecule has 0 atom stereocenters. The topological polar surface area (TPSA) is 90.9 Å². The number of unbranched alkanes of at least 4 members (excludes halogenated alkanes) is 3. The van der Waals surface area contributed by atoms with Crippen molar-refractivity contribution < 1.29 is 9.53 Å². The number of hydrogen-bond acceptors (Lipinski definition) is 7. The van der Waals surface area contributed by atoms with Crippen molar-refractivity contribution in [2.75, 3.05) is 30.4 Å². The van der Waals surface area contributed by atoms with Gasteiger partial charge in [-0.1, -0.05) is 19.4 Å². The standard InChI is InChI=1S/C25H35N5O3/c1-16-14-18-20(15-19(16)29(6)7)30(23-22(28-18)24(32)27-17(2)26-23)13-11-9-8-10-12-21(31)33-25(3,4)5/h14-15H,2,8-13H2,1,3-7H3,(H,27,32). The van der Waals surface area contributed by atoms with Crippen LogP contribution in [0.25, 0.3) is 6.58 Å². The van der Waals surface area contributed by atoms with Crippen LogP contribution in [0.3, 0.4) is 0 Å². The Labute approximate surface area is 195 Å². The first-order valence-electron chi connectivity index (χ1n) is 11.5. The highest BCUT2D eigenvalue weighted by atomic mass is 16.6. The number of aromatic nitrogens is 2. The van der Waals surface area contributed by atoms with E-state index in [4.69, 9.17) is 4.74 Å². The quantitative estimate of drug-likeness (QED) is 0.487. The van der Waals surface area contributed by atoms with Crippen LogP contribution in [0.5, 0.6) is 0 Å². The summed E-state index contributed by atoms with van der Waals surface area (Å²) in [5.74, 6) is 0.388. The highest BCUT2D eigenvalue weighted by Gasteiger charge is 2.24. The molecule has 33 heavy (non-hydrogen) atoms. The molecular formula is C25H35N5O3. The minimum Gasteiger partial charge on any atom is -0.460 e. The van der Waals surface area contributed by atoms with Crippen molar-refractivity contribution in [2.45, 2.75) is 65.4 Å². The SMILES string of the molecule is C=c1nc2c(c(=O)[nH]1)=Nc1cc(C)c(N(C)C)cc1N2CCCCCCC(=O)OC(C)(C)C. The lowest BCUT2D eigenvalue weighted by Gasteiger charge is -2.30. The van der Waals surface area contributed by atoms with Gasteiger partial charge in [-0.3, -0.25) is 9.59 Å². The summed E-state index contributed by atoms with van der Waals surface area (Å²) in [6.45, 7) is 12.2. The van der Waals surface area contributed by atoms with E-state index in [1.807, 2.05) is 47.9 Å². The van der Waals surface area contributed by atoms with Gasteiger partial charge in [0.15, 0.2) is 11.2 Å². The van der Waals surface area contributed by atoms with E-state index in [0.717, 1.165) is 48.3 Å². The molecule has 0 spiro atoms. The van der Waals surface area contributed by atoms with E-state index in [-0.39, 0.29) is 11.5 Å². The molecule has 0 radical (unpaired) electrons. The smallest absolute Gasteiger partial charge is 0.306 e. The molecule has 178 valence electrons. The number of H-pyrrole nitrogens is 1. The second kappa shape index (κ2) is 9.77. The third-order valence-corrected chi connectivity index (χ3v) is 5.41. The van der Waals surface area contributed by atoms with E-state index in [0.29, 0.717) is 29.6 Å². The lowest BCUT2D eigenvalue weighted by molar-refractivity contribution is -0.154. The number of benzene rings is 1. The highest BCUT2D eigenvalue weighted by Crippen LogP contribution is 2.39. The molecule has 0 aliphatic carbocycles. The number of hydrogen-bond donors (Lipinski definition) is 1. The van der Waals surface area contributed by atoms with E-state index in [9.17, 15) is 9.59 Å². The van der Waals surface area contributed by atoms with Crippen LogP contribution in [0.15, 0.2) is 21.9 Å². The number of carbonyl (C=O) groups excluding carboxylic acids is 1. The molecule has 8 heteroatoms. The van der Waals surface area contributed by atoms with Crippen LogP contribution in [0.1, 0.15) is 58.4 Å². The molecule has 2 aromatic rings. The van der Waals surface area contributed by atoms with E-state index in [1.165, 1.54) is 0 Å². The summed E-state index contributed by atoms with van der Waals surface area (Å²) in [5, 5.41) is 0.317. The predicted octanol–water partition coefficient (Wildman–Crippen LogP) is 3.25. The van der Waals surface area contributed by atoms with Crippen molar-refractivity contribution in [1.29, 1.82) is 0 Å². The van der Waals surface area contributed by atoms with Gasteiger partial charge in [0.25, 0.3) is 5.56 Å². The average Bonchev–Trinajstić information content (AvgIpc) is 2.68. The van der Waals surface area contributed by atoms with Crippen molar-refractivity contribution >= 4 is 35.4 Å². The second-order valence-corrected chi connectivity index (χ2v) is 9.72. The first kappa shape index (κ1) is 24.5. The molecule has 1 aliphatic heterocycles. The minimum absolute atomic E-state index is 0.152. The van der Waals surface area contributed by atoms with Crippen LogP contribution in [-0.2, 0) is 9.53 Å². The molecular weight excluding hydrogens is 418 g/mol. The predicted molar refractivity (Wildman–Crippen MR) is 132 cm³/mol. The molecule has 8 nitrogen and oxygen atoms in total. The Morgan fingerprint density at radius 3 is 2.55 bits per heavy atom. The van der Waals surface area contributed by atoms with Gasteiger partial charge in [0.1, 0.15) is 11.1 Å². The number of aromatic amines is 1. The molecule has 3 rings (SSSR count). The normalized spacial score (nSPS) is 12.6. The molecule has 0 saturated carbocycles. The van der Waals surface area contributed by atoms with Gasteiger partial charge in [0.05, 0.1) is 11.4 Å². The summed E-state index contributed by atoms with van der Waals surface area (Å²) in [6, 6.07) is 4.12. The fourth-order valence-electron chi connectivity index (χ4n) is 3.99. The number of ether oxygens (including phenoxy) is 1. The van der Waals surface area contributed by atoms with Gasteiger partial charge in [-0.15, -0.1) is 0 Å². The summed E-state index contributed by atoms with van der Waals surface area (Å²) >= 11 is 0.